The molecule has 3 amide bonds. The van der Waals surface area contributed by atoms with Gasteiger partial charge >= 0.3 is 0 Å². The van der Waals surface area contributed by atoms with Crippen LogP contribution in [0.25, 0.3) is 0 Å². The predicted molar refractivity (Wildman–Crippen MR) is 162 cm³/mol. The van der Waals surface area contributed by atoms with E-state index in [0.29, 0.717) is 28.9 Å². The van der Waals surface area contributed by atoms with Gasteiger partial charge in [0.25, 0.3) is 17.5 Å². The minimum Gasteiger partial charge on any atom is -0.374 e. The van der Waals surface area contributed by atoms with Crippen molar-refractivity contribution < 1.29 is 28.6 Å². The van der Waals surface area contributed by atoms with Crippen molar-refractivity contribution in [2.75, 3.05) is 36.9 Å². The lowest BCUT2D eigenvalue weighted by Gasteiger charge is -2.35. The number of morpholine rings is 1. The zero-order valence-corrected chi connectivity index (χ0v) is 25.8. The zero-order chi connectivity index (χ0) is 31.7. The Morgan fingerprint density at radius 3 is 2.45 bits per heavy atom. The van der Waals surface area contributed by atoms with E-state index in [2.05, 4.69) is 31.4 Å². The predicted octanol–water partition coefficient (Wildman–Crippen LogP) is 2.94. The number of nitro benzene ring substituents is 1. The largest absolute Gasteiger partial charge is 0.374 e. The number of aromatic nitrogens is 2. The number of pyridine rings is 1. The highest BCUT2D eigenvalue weighted by Crippen LogP contribution is 2.36. The molecule has 0 spiro atoms. The quantitative estimate of drug-likeness (QED) is 0.265. The first kappa shape index (κ1) is 30.9. The van der Waals surface area contributed by atoms with Crippen molar-refractivity contribution in [3.8, 4) is 0 Å². The molecule has 1 aromatic carbocycles. The molecular weight excluding hydrogens is 640 g/mol. The standard InChI is InChI=1S/C28H31BrN8O7/c1-15-11-35(12-16(2)44-15)28(40)22-5-18(29)6-23(37(41)42)25(22)33-19-7-24(26(30)38)36(13-19)27(39)17-4-20(9-31-8-17)34(3)21-10-32-43-14-21/h4-6,8-10,14-16,19,24,33H,7,11-13H2,1-3H3,(H2,30,38). The number of hydrogen-bond acceptors (Lipinski definition) is 11. The van der Waals surface area contributed by atoms with Crippen LogP contribution in [-0.4, -0.2) is 93.6 Å². The third kappa shape index (κ3) is 6.35. The maximum atomic E-state index is 13.7. The molecule has 0 radical (unpaired) electrons. The van der Waals surface area contributed by atoms with Crippen LogP contribution < -0.4 is 16.0 Å². The normalized spacial score (nSPS) is 21.6. The smallest absolute Gasteiger partial charge is 0.294 e. The summed E-state index contributed by atoms with van der Waals surface area (Å²) in [6, 6.07) is 2.79. The fourth-order valence-corrected chi connectivity index (χ4v) is 6.06. The van der Waals surface area contributed by atoms with Crippen molar-refractivity contribution in [2.45, 2.75) is 44.6 Å². The molecule has 2 aliphatic rings. The maximum Gasteiger partial charge on any atom is 0.294 e. The Morgan fingerprint density at radius 1 is 1.09 bits per heavy atom. The Hall–Kier alpha value is -4.57. The summed E-state index contributed by atoms with van der Waals surface area (Å²) >= 11 is 3.30. The number of anilines is 3. The molecule has 4 atom stereocenters. The van der Waals surface area contributed by atoms with Crippen LogP contribution in [0.2, 0.25) is 0 Å². The van der Waals surface area contributed by atoms with E-state index < -0.39 is 34.7 Å². The first-order valence-corrected chi connectivity index (χ1v) is 14.6. The summed E-state index contributed by atoms with van der Waals surface area (Å²) in [4.78, 5) is 60.3. The first-order valence-electron chi connectivity index (χ1n) is 13.8. The number of ether oxygens (including phenoxy) is 1. The second-order valence-corrected chi connectivity index (χ2v) is 11.8. The summed E-state index contributed by atoms with van der Waals surface area (Å²) in [5, 5.41) is 18.9. The number of benzene rings is 1. The van der Waals surface area contributed by atoms with Gasteiger partial charge in [0.05, 0.1) is 46.3 Å². The monoisotopic (exact) mass is 670 g/mol. The molecule has 16 heteroatoms. The maximum absolute atomic E-state index is 13.7. The molecular formula is C28H31BrN8O7. The number of carbonyl (C=O) groups excluding carboxylic acids is 3. The van der Waals surface area contributed by atoms with Gasteiger partial charge in [-0.15, -0.1) is 0 Å². The fraction of sp³-hybridized carbons (Fsp3) is 0.393. The molecule has 2 fully saturated rings. The number of nitro groups is 1. The molecule has 232 valence electrons. The first-order chi connectivity index (χ1) is 20.9. The third-order valence-corrected chi connectivity index (χ3v) is 8.08. The van der Waals surface area contributed by atoms with Crippen molar-refractivity contribution >= 4 is 56.4 Å². The lowest BCUT2D eigenvalue weighted by atomic mass is 10.1. The molecule has 0 saturated carbocycles. The van der Waals surface area contributed by atoms with Crippen LogP contribution in [0.5, 0.6) is 0 Å². The molecule has 44 heavy (non-hydrogen) atoms. The molecule has 4 unspecified atom stereocenters. The summed E-state index contributed by atoms with van der Waals surface area (Å²) in [6.07, 6.45) is 5.54. The summed E-state index contributed by atoms with van der Waals surface area (Å²) < 4.78 is 11.0. The van der Waals surface area contributed by atoms with Crippen LogP contribution in [0.15, 0.2) is 52.0 Å². The van der Waals surface area contributed by atoms with Gasteiger partial charge in [0.2, 0.25) is 5.91 Å². The summed E-state index contributed by atoms with van der Waals surface area (Å²) in [7, 11) is 1.75. The molecule has 15 nitrogen and oxygen atoms in total. The summed E-state index contributed by atoms with van der Waals surface area (Å²) in [6.45, 7) is 4.33. The van der Waals surface area contributed by atoms with E-state index in [1.807, 2.05) is 13.8 Å². The number of amides is 3. The highest BCUT2D eigenvalue weighted by molar-refractivity contribution is 9.10. The van der Waals surface area contributed by atoms with Crippen molar-refractivity contribution in [1.82, 2.24) is 19.9 Å². The van der Waals surface area contributed by atoms with Crippen LogP contribution in [0.4, 0.5) is 22.7 Å². The zero-order valence-electron chi connectivity index (χ0n) is 24.2. The van der Waals surface area contributed by atoms with Gasteiger partial charge < -0.3 is 35.0 Å². The molecule has 0 bridgehead atoms. The van der Waals surface area contributed by atoms with E-state index in [1.54, 1.807) is 29.1 Å². The Labute approximate surface area is 260 Å². The van der Waals surface area contributed by atoms with E-state index in [1.165, 1.54) is 35.7 Å². The van der Waals surface area contributed by atoms with Crippen LogP contribution in [0.1, 0.15) is 41.0 Å². The SMILES string of the molecule is CC1CN(C(=O)c2cc(Br)cc([N+](=O)[O-])c2NC2CC(C(N)=O)N(C(=O)c3cncc(N(C)c4cnoc4)c3)C2)CC(C)O1. The Kier molecular flexibility index (Phi) is 8.82. The molecule has 2 saturated heterocycles. The number of nitrogens with one attached hydrogen (secondary N) is 1. The third-order valence-electron chi connectivity index (χ3n) is 7.62. The van der Waals surface area contributed by atoms with Crippen molar-refractivity contribution in [2.24, 2.45) is 5.73 Å². The Balaban J connectivity index is 1.43. The van der Waals surface area contributed by atoms with Crippen LogP contribution in [-0.2, 0) is 9.53 Å². The van der Waals surface area contributed by atoms with Gasteiger partial charge in [-0.1, -0.05) is 21.1 Å². The van der Waals surface area contributed by atoms with Crippen molar-refractivity contribution in [1.29, 1.82) is 0 Å². The second kappa shape index (κ2) is 12.6. The number of primary amides is 1. The molecule has 3 N–H and O–H groups in total. The van der Waals surface area contributed by atoms with Crippen LogP contribution >= 0.6 is 15.9 Å². The second-order valence-electron chi connectivity index (χ2n) is 10.9. The van der Waals surface area contributed by atoms with Gasteiger partial charge in [-0.25, -0.2) is 0 Å². The molecule has 5 rings (SSSR count). The highest BCUT2D eigenvalue weighted by Gasteiger charge is 2.41. The van der Waals surface area contributed by atoms with Gasteiger partial charge in [-0.3, -0.25) is 29.5 Å². The molecule has 2 aromatic heterocycles. The van der Waals surface area contributed by atoms with Crippen molar-refractivity contribution in [3.63, 3.8) is 0 Å². The van der Waals surface area contributed by atoms with E-state index in [0.717, 1.165) is 0 Å². The van der Waals surface area contributed by atoms with E-state index in [9.17, 15) is 24.5 Å². The average Bonchev–Trinajstić information content (AvgIpc) is 3.67. The molecule has 2 aliphatic heterocycles. The van der Waals surface area contributed by atoms with Gasteiger partial charge in [-0.05, 0) is 32.4 Å². The minimum absolute atomic E-state index is 0.00322. The number of likely N-dealkylation sites (tertiary alicyclic amines) is 1. The topological polar surface area (TPSA) is 190 Å². The van der Waals surface area contributed by atoms with E-state index in [4.69, 9.17) is 15.0 Å². The number of nitrogens with two attached hydrogens (primary N) is 1. The van der Waals surface area contributed by atoms with Gasteiger partial charge in [-0.2, -0.15) is 0 Å². The molecule has 4 heterocycles. The Morgan fingerprint density at radius 2 is 1.82 bits per heavy atom. The van der Waals surface area contributed by atoms with Crippen LogP contribution in [0, 0.1) is 10.1 Å². The number of hydrogen-bond donors (Lipinski definition) is 2. The van der Waals surface area contributed by atoms with Gasteiger partial charge in [0.1, 0.15) is 23.7 Å². The fourth-order valence-electron chi connectivity index (χ4n) is 5.62. The van der Waals surface area contributed by atoms with Crippen LogP contribution in [0.3, 0.4) is 0 Å². The molecule has 3 aromatic rings. The minimum atomic E-state index is -1.01. The summed E-state index contributed by atoms with van der Waals surface area (Å²) in [5.74, 6) is -1.63. The average molecular weight is 672 g/mol. The Bertz CT molecular complexity index is 1580. The number of carbonyl (C=O) groups is 3. The van der Waals surface area contributed by atoms with E-state index in [-0.39, 0.29) is 47.7 Å². The number of halogens is 1. The summed E-state index contributed by atoms with van der Waals surface area (Å²) in [5.41, 5.74) is 6.88. The number of nitrogens with zero attached hydrogens (tertiary/aromatic N) is 6. The van der Waals surface area contributed by atoms with Crippen molar-refractivity contribution in [3.05, 3.63) is 68.8 Å². The van der Waals surface area contributed by atoms with E-state index >= 15 is 0 Å². The molecule has 0 aliphatic carbocycles. The lowest BCUT2D eigenvalue weighted by Crippen LogP contribution is -2.48. The van der Waals surface area contributed by atoms with Gasteiger partial charge in [0, 0.05) is 49.5 Å². The van der Waals surface area contributed by atoms with Gasteiger partial charge in [0.15, 0.2) is 0 Å². The lowest BCUT2D eigenvalue weighted by molar-refractivity contribution is -0.384. The number of rotatable bonds is 8. The highest BCUT2D eigenvalue weighted by atomic mass is 79.9.